The van der Waals surface area contributed by atoms with Gasteiger partial charge in [-0.25, -0.2) is 4.98 Å². The van der Waals surface area contributed by atoms with Crippen LogP contribution in [0, 0.1) is 0 Å². The molecule has 9 heteroatoms. The zero-order valence-electron chi connectivity index (χ0n) is 19.5. The van der Waals surface area contributed by atoms with Crippen molar-refractivity contribution in [2.45, 2.75) is 11.7 Å². The molecule has 2 aliphatic rings. The van der Waals surface area contributed by atoms with Gasteiger partial charge < -0.3 is 9.30 Å². The second-order valence-corrected chi connectivity index (χ2v) is 9.81. The highest BCUT2D eigenvalue weighted by Gasteiger charge is 2.35. The van der Waals surface area contributed by atoms with E-state index >= 15 is 0 Å². The molecule has 1 aromatic heterocycles. The maximum absolute atomic E-state index is 13.6. The summed E-state index contributed by atoms with van der Waals surface area (Å²) in [4.78, 5) is 32.7. The number of nitrogens with one attached hydrogen (secondary N) is 1. The van der Waals surface area contributed by atoms with Gasteiger partial charge in [-0.05, 0) is 54.7 Å². The summed E-state index contributed by atoms with van der Waals surface area (Å²) in [6.45, 7) is 0.750. The summed E-state index contributed by atoms with van der Waals surface area (Å²) in [5, 5.41) is 3.57. The van der Waals surface area contributed by atoms with Crippen LogP contribution in [0.1, 0.15) is 5.69 Å². The van der Waals surface area contributed by atoms with E-state index in [1.54, 1.807) is 42.1 Å². The van der Waals surface area contributed by atoms with E-state index in [1.807, 2.05) is 65.2 Å². The SMILES string of the molecule is O=C1NC(=S)N(c2ccc(Oc3ccccc3)cc2)C(=O)C1=Cc1c(-c2ccccc2)nc2n1CCS2. The number of imidazole rings is 1. The number of fused-ring (bicyclic) bond motifs is 1. The molecule has 0 atom stereocenters. The molecular formula is C28H20N4O3S2. The standard InChI is InChI=1S/C28H20N4O3S2/c33-25-22(17-23-24(18-7-3-1-4-8-18)29-28-31(23)15-16-37-28)26(34)32(27(36)30-25)19-11-13-21(14-12-19)35-20-9-5-2-6-10-20/h1-14,17H,15-16H2,(H,30,33,36). The molecule has 7 nitrogen and oxygen atoms in total. The Morgan fingerprint density at radius 3 is 2.32 bits per heavy atom. The normalized spacial score (nSPS) is 16.2. The van der Waals surface area contributed by atoms with Crippen LogP contribution in [0.2, 0.25) is 0 Å². The van der Waals surface area contributed by atoms with Gasteiger partial charge in [-0.15, -0.1) is 0 Å². The van der Waals surface area contributed by atoms with Gasteiger partial charge in [0.25, 0.3) is 11.8 Å². The molecule has 6 rings (SSSR count). The first-order valence-corrected chi connectivity index (χ1v) is 13.0. The lowest BCUT2D eigenvalue weighted by atomic mass is 10.1. The van der Waals surface area contributed by atoms with Gasteiger partial charge >= 0.3 is 0 Å². The average Bonchev–Trinajstić information content (AvgIpc) is 3.51. The Hall–Kier alpha value is -4.21. The van der Waals surface area contributed by atoms with Crippen LogP contribution in [0.3, 0.4) is 0 Å². The van der Waals surface area contributed by atoms with Crippen molar-refractivity contribution in [3.8, 4) is 22.8 Å². The number of aromatic nitrogens is 2. The molecule has 3 aromatic carbocycles. The van der Waals surface area contributed by atoms with E-state index in [-0.39, 0.29) is 10.7 Å². The minimum atomic E-state index is -0.532. The molecule has 37 heavy (non-hydrogen) atoms. The third-order valence-corrected chi connectivity index (χ3v) is 7.26. The number of anilines is 1. The summed E-state index contributed by atoms with van der Waals surface area (Å²) in [6.07, 6.45) is 1.63. The maximum atomic E-state index is 13.6. The van der Waals surface area contributed by atoms with E-state index < -0.39 is 11.8 Å². The topological polar surface area (TPSA) is 76.5 Å². The summed E-state index contributed by atoms with van der Waals surface area (Å²) in [5.41, 5.74) is 2.90. The number of ether oxygens (including phenoxy) is 1. The summed E-state index contributed by atoms with van der Waals surface area (Å²) >= 11 is 7.03. The zero-order valence-corrected chi connectivity index (χ0v) is 21.1. The minimum absolute atomic E-state index is 0.00464. The fourth-order valence-electron chi connectivity index (χ4n) is 4.27. The molecule has 182 valence electrons. The molecular weight excluding hydrogens is 504 g/mol. The molecule has 2 amide bonds. The third-order valence-electron chi connectivity index (χ3n) is 6.02. The maximum Gasteiger partial charge on any atom is 0.270 e. The van der Waals surface area contributed by atoms with Gasteiger partial charge in [0.2, 0.25) is 0 Å². The lowest BCUT2D eigenvalue weighted by molar-refractivity contribution is -0.122. The average molecular weight is 525 g/mol. The second-order valence-electron chi connectivity index (χ2n) is 8.36. The number of benzene rings is 3. The fourth-order valence-corrected chi connectivity index (χ4v) is 5.51. The Morgan fingerprint density at radius 1 is 0.919 bits per heavy atom. The Balaban J connectivity index is 1.34. The molecule has 1 N–H and O–H groups in total. The van der Waals surface area contributed by atoms with Gasteiger partial charge in [0, 0.05) is 17.9 Å². The van der Waals surface area contributed by atoms with E-state index in [4.69, 9.17) is 21.9 Å². The molecule has 4 aromatic rings. The smallest absolute Gasteiger partial charge is 0.270 e. The van der Waals surface area contributed by atoms with Crippen molar-refractivity contribution in [1.29, 1.82) is 0 Å². The number of carbonyl (C=O) groups is 2. The number of amides is 2. The largest absolute Gasteiger partial charge is 0.457 e. The van der Waals surface area contributed by atoms with Gasteiger partial charge in [0.1, 0.15) is 17.1 Å². The highest BCUT2D eigenvalue weighted by atomic mass is 32.2. The first-order valence-electron chi connectivity index (χ1n) is 11.6. The van der Waals surface area contributed by atoms with E-state index in [0.29, 0.717) is 17.2 Å². The number of carbonyl (C=O) groups excluding carboxylic acids is 2. The lowest BCUT2D eigenvalue weighted by Crippen LogP contribution is -2.54. The third kappa shape index (κ3) is 4.43. The molecule has 1 fully saturated rings. The van der Waals surface area contributed by atoms with Gasteiger partial charge in [-0.1, -0.05) is 60.3 Å². The van der Waals surface area contributed by atoms with Crippen molar-refractivity contribution in [2.75, 3.05) is 10.7 Å². The summed E-state index contributed by atoms with van der Waals surface area (Å²) in [7, 11) is 0. The minimum Gasteiger partial charge on any atom is -0.457 e. The van der Waals surface area contributed by atoms with Gasteiger partial charge in [-0.3, -0.25) is 19.8 Å². The fraction of sp³-hybridized carbons (Fsp3) is 0.0714. The number of para-hydroxylation sites is 1. The van der Waals surface area contributed by atoms with Crippen LogP contribution >= 0.6 is 24.0 Å². The first-order chi connectivity index (χ1) is 18.1. The summed E-state index contributed by atoms with van der Waals surface area (Å²) in [5.74, 6) is 1.19. The molecule has 0 saturated carbocycles. The first kappa shape index (κ1) is 23.2. The van der Waals surface area contributed by atoms with Gasteiger partial charge in [-0.2, -0.15) is 0 Å². The predicted octanol–water partition coefficient (Wildman–Crippen LogP) is 5.28. The van der Waals surface area contributed by atoms with Crippen LogP contribution in [0.5, 0.6) is 11.5 Å². The second kappa shape index (κ2) is 9.68. The Bertz CT molecular complexity index is 1550. The zero-order chi connectivity index (χ0) is 25.4. The van der Waals surface area contributed by atoms with Crippen molar-refractivity contribution >= 4 is 52.7 Å². The summed E-state index contributed by atoms with van der Waals surface area (Å²) in [6, 6.07) is 26.2. The van der Waals surface area contributed by atoms with Crippen LogP contribution in [-0.4, -0.2) is 32.2 Å². The monoisotopic (exact) mass is 524 g/mol. The van der Waals surface area contributed by atoms with E-state index in [9.17, 15) is 9.59 Å². The molecule has 0 unspecified atom stereocenters. The highest BCUT2D eigenvalue weighted by molar-refractivity contribution is 7.99. The predicted molar refractivity (Wildman–Crippen MR) is 148 cm³/mol. The molecule has 0 spiro atoms. The lowest BCUT2D eigenvalue weighted by Gasteiger charge is -2.29. The van der Waals surface area contributed by atoms with Crippen LogP contribution in [0.4, 0.5) is 5.69 Å². The number of nitrogens with zero attached hydrogens (tertiary/aromatic N) is 3. The quantitative estimate of drug-likeness (QED) is 0.218. The van der Waals surface area contributed by atoms with E-state index in [1.165, 1.54) is 4.90 Å². The Kier molecular flexibility index (Phi) is 6.07. The Labute approximate surface area is 222 Å². The van der Waals surface area contributed by atoms with Crippen molar-refractivity contribution in [2.24, 2.45) is 0 Å². The van der Waals surface area contributed by atoms with Gasteiger partial charge in [0.05, 0.1) is 17.1 Å². The van der Waals surface area contributed by atoms with Crippen LogP contribution in [0.15, 0.2) is 95.7 Å². The number of hydrogen-bond acceptors (Lipinski definition) is 6. The molecule has 0 radical (unpaired) electrons. The summed E-state index contributed by atoms with van der Waals surface area (Å²) < 4.78 is 7.90. The van der Waals surface area contributed by atoms with Gasteiger partial charge in [0.15, 0.2) is 10.3 Å². The molecule has 0 bridgehead atoms. The molecule has 3 heterocycles. The Morgan fingerprint density at radius 2 is 1.59 bits per heavy atom. The van der Waals surface area contributed by atoms with Crippen LogP contribution in [0.25, 0.3) is 17.3 Å². The van der Waals surface area contributed by atoms with Crippen molar-refractivity contribution in [3.63, 3.8) is 0 Å². The van der Waals surface area contributed by atoms with Crippen LogP contribution < -0.4 is 15.0 Å². The van der Waals surface area contributed by atoms with E-state index in [2.05, 4.69) is 5.32 Å². The van der Waals surface area contributed by atoms with Crippen LogP contribution in [-0.2, 0) is 16.1 Å². The van der Waals surface area contributed by atoms with Crippen molar-refractivity contribution in [3.05, 3.63) is 96.2 Å². The van der Waals surface area contributed by atoms with Crippen molar-refractivity contribution < 1.29 is 14.3 Å². The molecule has 0 aliphatic carbocycles. The number of hydrogen-bond donors (Lipinski definition) is 1. The number of thioether (sulfide) groups is 1. The number of thiocarbonyl (C=S) groups is 1. The molecule has 2 aliphatic heterocycles. The van der Waals surface area contributed by atoms with Crippen molar-refractivity contribution in [1.82, 2.24) is 14.9 Å². The molecule has 1 saturated heterocycles. The van der Waals surface area contributed by atoms with E-state index in [0.717, 1.165) is 34.4 Å². The highest BCUT2D eigenvalue weighted by Crippen LogP contribution is 2.35. The number of rotatable bonds is 5.